The number of aryl methyl sites for hydroxylation is 1. The summed E-state index contributed by atoms with van der Waals surface area (Å²) >= 11 is 7.15. The van der Waals surface area contributed by atoms with Crippen LogP contribution < -0.4 is 5.32 Å². The summed E-state index contributed by atoms with van der Waals surface area (Å²) in [6.45, 7) is 1.77. The summed E-state index contributed by atoms with van der Waals surface area (Å²) in [6.07, 6.45) is 0. The molecule has 7 heteroatoms. The van der Waals surface area contributed by atoms with E-state index in [1.807, 2.05) is 0 Å². The van der Waals surface area contributed by atoms with Crippen molar-refractivity contribution in [2.45, 2.75) is 6.92 Å². The first-order chi connectivity index (χ1) is 9.40. The van der Waals surface area contributed by atoms with Gasteiger partial charge in [0.1, 0.15) is 10.7 Å². The van der Waals surface area contributed by atoms with Gasteiger partial charge in [0.05, 0.1) is 10.6 Å². The highest BCUT2D eigenvalue weighted by molar-refractivity contribution is 7.13. The molecule has 1 aromatic carbocycles. The first-order valence-electron chi connectivity index (χ1n) is 5.48. The van der Waals surface area contributed by atoms with E-state index in [0.29, 0.717) is 9.90 Å². The van der Waals surface area contributed by atoms with Crippen molar-refractivity contribution in [2.24, 2.45) is 0 Å². The molecule has 1 heterocycles. The molecule has 0 radical (unpaired) electrons. The van der Waals surface area contributed by atoms with Gasteiger partial charge < -0.3 is 10.4 Å². The Hall–Kier alpha value is -1.92. The molecule has 0 bridgehead atoms. The molecule has 1 amide bonds. The van der Waals surface area contributed by atoms with Crippen LogP contribution in [0.1, 0.15) is 25.6 Å². The van der Waals surface area contributed by atoms with Gasteiger partial charge in [0.25, 0.3) is 5.91 Å². The van der Waals surface area contributed by atoms with Crippen molar-refractivity contribution >= 4 is 40.5 Å². The summed E-state index contributed by atoms with van der Waals surface area (Å²) in [4.78, 5) is 23.0. The van der Waals surface area contributed by atoms with E-state index in [2.05, 4.69) is 5.32 Å². The lowest BCUT2D eigenvalue weighted by Crippen LogP contribution is -2.11. The zero-order valence-electron chi connectivity index (χ0n) is 10.2. The fourth-order valence-electron chi connectivity index (χ4n) is 1.54. The number of carbonyl (C=O) groups is 2. The van der Waals surface area contributed by atoms with Crippen molar-refractivity contribution < 1.29 is 19.1 Å². The van der Waals surface area contributed by atoms with Crippen molar-refractivity contribution in [3.63, 3.8) is 0 Å². The highest BCUT2D eigenvalue weighted by Crippen LogP contribution is 2.28. The van der Waals surface area contributed by atoms with Gasteiger partial charge in [-0.3, -0.25) is 4.79 Å². The number of amides is 1. The summed E-state index contributed by atoms with van der Waals surface area (Å²) in [7, 11) is 0. The van der Waals surface area contributed by atoms with Crippen LogP contribution in [0.2, 0.25) is 5.02 Å². The molecular weight excluding hydrogens is 305 g/mol. The van der Waals surface area contributed by atoms with Crippen molar-refractivity contribution in [1.29, 1.82) is 0 Å². The number of anilines is 1. The van der Waals surface area contributed by atoms with Crippen LogP contribution in [-0.4, -0.2) is 17.0 Å². The third kappa shape index (κ3) is 2.81. The SMILES string of the molecule is Cc1csc(C(=O)Nc2ccc(C(=O)O)c(F)c2)c1Cl. The molecule has 2 N–H and O–H groups in total. The number of carboxylic acids is 1. The second-order valence-electron chi connectivity index (χ2n) is 4.02. The Balaban J connectivity index is 2.22. The van der Waals surface area contributed by atoms with E-state index >= 15 is 0 Å². The van der Waals surface area contributed by atoms with Gasteiger partial charge in [-0.2, -0.15) is 0 Å². The Morgan fingerprint density at radius 1 is 1.40 bits per heavy atom. The molecule has 4 nitrogen and oxygen atoms in total. The molecule has 0 fully saturated rings. The summed E-state index contributed by atoms with van der Waals surface area (Å²) in [5.41, 5.74) is 0.502. The summed E-state index contributed by atoms with van der Waals surface area (Å²) in [6, 6.07) is 3.36. The topological polar surface area (TPSA) is 66.4 Å². The van der Waals surface area contributed by atoms with Gasteiger partial charge in [-0.15, -0.1) is 11.3 Å². The van der Waals surface area contributed by atoms with Crippen LogP contribution in [0.5, 0.6) is 0 Å². The fourth-order valence-corrected chi connectivity index (χ4v) is 2.71. The van der Waals surface area contributed by atoms with Gasteiger partial charge in [0.2, 0.25) is 0 Å². The number of hydrogen-bond acceptors (Lipinski definition) is 3. The predicted molar refractivity (Wildman–Crippen MR) is 75.4 cm³/mol. The number of thiophene rings is 1. The Morgan fingerprint density at radius 2 is 2.10 bits per heavy atom. The molecular formula is C13H9ClFNO3S. The largest absolute Gasteiger partial charge is 0.478 e. The first-order valence-corrected chi connectivity index (χ1v) is 6.73. The second-order valence-corrected chi connectivity index (χ2v) is 5.27. The molecule has 20 heavy (non-hydrogen) atoms. The first kappa shape index (κ1) is 14.5. The quantitative estimate of drug-likeness (QED) is 0.905. The van der Waals surface area contributed by atoms with Gasteiger partial charge in [0, 0.05) is 5.69 Å². The minimum absolute atomic E-state index is 0.166. The lowest BCUT2D eigenvalue weighted by atomic mass is 10.2. The molecule has 2 aromatic rings. The zero-order chi connectivity index (χ0) is 14.9. The average Bonchev–Trinajstić information content (AvgIpc) is 2.69. The molecule has 1 aromatic heterocycles. The smallest absolute Gasteiger partial charge is 0.338 e. The van der Waals surface area contributed by atoms with Crippen LogP contribution in [0.25, 0.3) is 0 Å². The number of hydrogen-bond donors (Lipinski definition) is 2. The Bertz CT molecular complexity index is 699. The van der Waals surface area contributed by atoms with Crippen molar-refractivity contribution in [3.8, 4) is 0 Å². The van der Waals surface area contributed by atoms with E-state index < -0.39 is 23.3 Å². The number of rotatable bonds is 3. The Labute approximate surface area is 122 Å². The summed E-state index contributed by atoms with van der Waals surface area (Å²) < 4.78 is 13.5. The third-order valence-corrected chi connectivity index (χ3v) is 4.26. The zero-order valence-corrected chi connectivity index (χ0v) is 11.8. The van der Waals surface area contributed by atoms with Gasteiger partial charge in [-0.1, -0.05) is 11.6 Å². The van der Waals surface area contributed by atoms with Crippen LogP contribution in [0.15, 0.2) is 23.6 Å². The van der Waals surface area contributed by atoms with E-state index in [9.17, 15) is 14.0 Å². The van der Waals surface area contributed by atoms with Gasteiger partial charge in [0.15, 0.2) is 0 Å². The number of carboxylic acid groups (broad SMARTS) is 1. The molecule has 104 valence electrons. The Morgan fingerprint density at radius 3 is 2.60 bits per heavy atom. The van der Waals surface area contributed by atoms with Crippen molar-refractivity contribution in [3.05, 3.63) is 50.4 Å². The van der Waals surface area contributed by atoms with E-state index in [-0.39, 0.29) is 5.69 Å². The third-order valence-electron chi connectivity index (χ3n) is 2.56. The highest BCUT2D eigenvalue weighted by Gasteiger charge is 2.16. The van der Waals surface area contributed by atoms with Crippen LogP contribution in [0.3, 0.4) is 0 Å². The molecule has 0 saturated carbocycles. The van der Waals surface area contributed by atoms with Gasteiger partial charge >= 0.3 is 5.97 Å². The summed E-state index contributed by atoms with van der Waals surface area (Å²) in [5, 5.41) is 13.3. The Kier molecular flexibility index (Phi) is 4.06. The lowest BCUT2D eigenvalue weighted by Gasteiger charge is -2.05. The van der Waals surface area contributed by atoms with Crippen molar-refractivity contribution in [2.75, 3.05) is 5.32 Å². The number of benzene rings is 1. The molecule has 0 aliphatic rings. The van der Waals surface area contributed by atoms with Crippen LogP contribution >= 0.6 is 22.9 Å². The highest BCUT2D eigenvalue weighted by atomic mass is 35.5. The van der Waals surface area contributed by atoms with E-state index in [1.165, 1.54) is 17.4 Å². The maximum atomic E-state index is 13.5. The normalized spacial score (nSPS) is 10.3. The molecule has 0 aliphatic carbocycles. The standard InChI is InChI=1S/C13H9ClFNO3S/c1-6-5-20-11(10(6)14)12(17)16-7-2-3-8(13(18)19)9(15)4-7/h2-5H,1H3,(H,16,17)(H,18,19). The molecule has 0 spiro atoms. The fraction of sp³-hybridized carbons (Fsp3) is 0.0769. The number of halogens is 2. The summed E-state index contributed by atoms with van der Waals surface area (Å²) in [5.74, 6) is -2.74. The second kappa shape index (κ2) is 5.60. The monoisotopic (exact) mass is 313 g/mol. The predicted octanol–water partition coefficient (Wildman–Crippen LogP) is 3.80. The van der Waals surface area contributed by atoms with Crippen LogP contribution in [0.4, 0.5) is 10.1 Å². The number of aromatic carboxylic acids is 1. The van der Waals surface area contributed by atoms with Gasteiger partial charge in [-0.05, 0) is 36.1 Å². The van der Waals surface area contributed by atoms with E-state index in [1.54, 1.807) is 12.3 Å². The number of carbonyl (C=O) groups excluding carboxylic acids is 1. The van der Waals surface area contributed by atoms with Crippen LogP contribution in [-0.2, 0) is 0 Å². The minimum Gasteiger partial charge on any atom is -0.478 e. The maximum Gasteiger partial charge on any atom is 0.338 e. The van der Waals surface area contributed by atoms with E-state index in [0.717, 1.165) is 17.7 Å². The van der Waals surface area contributed by atoms with Crippen LogP contribution in [0, 0.1) is 12.7 Å². The maximum absolute atomic E-state index is 13.5. The molecule has 0 atom stereocenters. The van der Waals surface area contributed by atoms with E-state index in [4.69, 9.17) is 16.7 Å². The number of nitrogens with one attached hydrogen (secondary N) is 1. The molecule has 0 saturated heterocycles. The lowest BCUT2D eigenvalue weighted by molar-refractivity contribution is 0.0692. The van der Waals surface area contributed by atoms with Crippen molar-refractivity contribution in [1.82, 2.24) is 0 Å². The molecule has 0 unspecified atom stereocenters. The minimum atomic E-state index is -1.36. The molecule has 2 rings (SSSR count). The van der Waals surface area contributed by atoms with Gasteiger partial charge in [-0.25, -0.2) is 9.18 Å². The molecule has 0 aliphatic heterocycles. The average molecular weight is 314 g/mol.